The molecule has 2 N–H and O–H groups in total. The molecule has 1 rings (SSSR count). The molecule has 0 amide bonds. The highest BCUT2D eigenvalue weighted by Crippen LogP contribution is 2.28. The molecule has 1 aromatic carbocycles. The van der Waals surface area contributed by atoms with Gasteiger partial charge in [-0.15, -0.1) is 0 Å². The molecule has 1 unspecified atom stereocenters. The number of carbonyl (C=O) groups is 2. The molecule has 0 aliphatic carbocycles. The molecule has 6 nitrogen and oxygen atoms in total. The molecule has 0 aliphatic heterocycles. The van der Waals surface area contributed by atoms with E-state index in [2.05, 4.69) is 0 Å². The fourth-order valence-corrected chi connectivity index (χ4v) is 1.27. The lowest BCUT2D eigenvalue weighted by molar-refractivity contribution is -0.145. The van der Waals surface area contributed by atoms with Crippen molar-refractivity contribution in [3.05, 3.63) is 29.8 Å². The molecule has 0 aromatic heterocycles. The van der Waals surface area contributed by atoms with Gasteiger partial charge in [0, 0.05) is 0 Å². The van der Waals surface area contributed by atoms with E-state index in [4.69, 9.17) is 19.7 Å². The summed E-state index contributed by atoms with van der Waals surface area (Å²) in [6.07, 6.45) is 1.91. The summed E-state index contributed by atoms with van der Waals surface area (Å²) in [4.78, 5) is 21.5. The van der Waals surface area contributed by atoms with Crippen LogP contribution in [-0.2, 0) is 9.59 Å². The van der Waals surface area contributed by atoms with Crippen LogP contribution in [0, 0.1) is 0 Å². The number of rotatable bonds is 6. The van der Waals surface area contributed by atoms with Crippen LogP contribution in [-0.4, -0.2) is 42.3 Å². The molecule has 0 heterocycles. The van der Waals surface area contributed by atoms with Crippen LogP contribution in [0.1, 0.15) is 5.56 Å². The Kier molecular flexibility index (Phi) is 5.72. The molecule has 1 aromatic rings. The van der Waals surface area contributed by atoms with Gasteiger partial charge in [0.1, 0.15) is 6.29 Å². The van der Waals surface area contributed by atoms with Gasteiger partial charge < -0.3 is 19.7 Å². The number of hydrogen-bond donors (Lipinski definition) is 2. The topological polar surface area (TPSA) is 93.1 Å². The first-order chi connectivity index (χ1) is 9.12. The van der Waals surface area contributed by atoms with Crippen LogP contribution < -0.4 is 9.47 Å². The maximum atomic E-state index is 11.3. The van der Waals surface area contributed by atoms with E-state index in [1.54, 1.807) is 18.2 Å². The van der Waals surface area contributed by atoms with Crippen LogP contribution in [0.15, 0.2) is 24.3 Å². The summed E-state index contributed by atoms with van der Waals surface area (Å²) in [7, 11) is 1.39. The van der Waals surface area contributed by atoms with E-state index in [1.807, 2.05) is 0 Å². The molecule has 1 atom stereocenters. The second kappa shape index (κ2) is 7.30. The summed E-state index contributed by atoms with van der Waals surface area (Å²) >= 11 is 0. The van der Waals surface area contributed by atoms with Crippen molar-refractivity contribution in [1.82, 2.24) is 0 Å². The highest BCUT2D eigenvalue weighted by molar-refractivity contribution is 5.78. The minimum atomic E-state index is -1.60. The zero-order chi connectivity index (χ0) is 14.3. The minimum Gasteiger partial charge on any atom is -0.493 e. The molecular weight excluding hydrogens is 252 g/mol. The van der Waals surface area contributed by atoms with Crippen molar-refractivity contribution in [2.45, 2.75) is 6.10 Å². The fraction of sp³-hybridized carbons (Fsp3) is 0.231. The number of methoxy groups -OCH3 is 1. The Hall–Kier alpha value is -2.18. The Labute approximate surface area is 109 Å². The van der Waals surface area contributed by atoms with Crippen molar-refractivity contribution in [2.24, 2.45) is 0 Å². The van der Waals surface area contributed by atoms with E-state index < -0.39 is 18.7 Å². The third kappa shape index (κ3) is 4.20. The number of hydrogen-bond acceptors (Lipinski definition) is 6. The maximum absolute atomic E-state index is 11.3. The van der Waals surface area contributed by atoms with Gasteiger partial charge in [-0.05, 0) is 23.8 Å². The lowest BCUT2D eigenvalue weighted by Gasteiger charge is -2.11. The summed E-state index contributed by atoms with van der Waals surface area (Å²) in [5.41, 5.74) is 0.687. The molecule has 0 fully saturated rings. The van der Waals surface area contributed by atoms with Gasteiger partial charge >= 0.3 is 5.97 Å². The maximum Gasteiger partial charge on any atom is 0.342 e. The molecule has 0 saturated carbocycles. The quantitative estimate of drug-likeness (QED) is 0.330. The summed E-state index contributed by atoms with van der Waals surface area (Å²) in [6, 6.07) is 4.63. The van der Waals surface area contributed by atoms with Gasteiger partial charge in [-0.3, -0.25) is 4.79 Å². The average Bonchev–Trinajstić information content (AvgIpc) is 2.44. The molecule has 0 spiro atoms. The molecule has 0 aliphatic rings. The molecule has 0 bridgehead atoms. The van der Waals surface area contributed by atoms with E-state index in [1.165, 1.54) is 19.3 Å². The van der Waals surface area contributed by atoms with E-state index in [9.17, 15) is 9.59 Å². The summed E-state index contributed by atoms with van der Waals surface area (Å²) in [5, 5.41) is 17.7. The monoisotopic (exact) mass is 266 g/mol. The summed E-state index contributed by atoms with van der Waals surface area (Å²) in [6.45, 7) is -0.721. The lowest BCUT2D eigenvalue weighted by Crippen LogP contribution is -2.28. The van der Waals surface area contributed by atoms with Crippen LogP contribution in [0.25, 0.3) is 6.08 Å². The normalized spacial score (nSPS) is 12.2. The van der Waals surface area contributed by atoms with Crippen molar-refractivity contribution >= 4 is 18.3 Å². The number of allylic oxidation sites excluding steroid dienone is 1. The number of benzene rings is 1. The minimum absolute atomic E-state index is 0.114. The van der Waals surface area contributed by atoms with Gasteiger partial charge in [-0.25, -0.2) is 4.79 Å². The molecular formula is C13H14O6. The highest BCUT2D eigenvalue weighted by Gasteiger charge is 2.18. The number of carbonyl (C=O) groups excluding carboxylic acids is 2. The zero-order valence-corrected chi connectivity index (χ0v) is 10.3. The number of esters is 1. The van der Waals surface area contributed by atoms with Crippen LogP contribution in [0.3, 0.4) is 0 Å². The first kappa shape index (κ1) is 14.9. The summed E-state index contributed by atoms with van der Waals surface area (Å²) in [5.74, 6) is -0.591. The highest BCUT2D eigenvalue weighted by atomic mass is 16.6. The van der Waals surface area contributed by atoms with Gasteiger partial charge in [0.2, 0.25) is 0 Å². The predicted molar refractivity (Wildman–Crippen MR) is 66.8 cm³/mol. The van der Waals surface area contributed by atoms with Gasteiger partial charge in [-0.2, -0.15) is 0 Å². The first-order valence-corrected chi connectivity index (χ1v) is 5.43. The molecule has 19 heavy (non-hydrogen) atoms. The molecule has 0 radical (unpaired) electrons. The zero-order valence-electron chi connectivity index (χ0n) is 10.3. The number of aliphatic hydroxyl groups excluding tert-OH is 2. The van der Waals surface area contributed by atoms with E-state index in [0.29, 0.717) is 11.8 Å². The van der Waals surface area contributed by atoms with Gasteiger partial charge in [0.15, 0.2) is 17.6 Å². The number of aliphatic hydroxyl groups is 2. The number of ether oxygens (including phenoxy) is 2. The number of aldehydes is 1. The largest absolute Gasteiger partial charge is 0.493 e. The van der Waals surface area contributed by atoms with Crippen molar-refractivity contribution in [2.75, 3.05) is 13.7 Å². The third-order valence-electron chi connectivity index (χ3n) is 2.21. The van der Waals surface area contributed by atoms with Crippen molar-refractivity contribution in [1.29, 1.82) is 0 Å². The summed E-state index contributed by atoms with van der Waals surface area (Å²) < 4.78 is 9.92. The Morgan fingerprint density at radius 3 is 2.74 bits per heavy atom. The second-order valence-electron chi connectivity index (χ2n) is 3.52. The van der Waals surface area contributed by atoms with Crippen LogP contribution >= 0.6 is 0 Å². The predicted octanol–water partition coefficient (Wildman–Crippen LogP) is 0.166. The molecule has 0 saturated heterocycles. The Morgan fingerprint density at radius 1 is 1.42 bits per heavy atom. The second-order valence-corrected chi connectivity index (χ2v) is 3.52. The fourth-order valence-electron chi connectivity index (χ4n) is 1.27. The van der Waals surface area contributed by atoms with Crippen LogP contribution in [0.2, 0.25) is 0 Å². The molecule has 6 heteroatoms. The average molecular weight is 266 g/mol. The Bertz CT molecular complexity index is 480. The standard InChI is InChI=1S/C13H14O6/c1-18-12-7-9(3-2-6-14)4-5-11(12)19-13(17)10(16)8-15/h2-7,10,15-16H,8H2,1H3/b3-2+. The van der Waals surface area contributed by atoms with Gasteiger partial charge in [0.05, 0.1) is 13.7 Å². The van der Waals surface area contributed by atoms with Gasteiger partial charge in [0.25, 0.3) is 0 Å². The van der Waals surface area contributed by atoms with Crippen molar-refractivity contribution in [3.63, 3.8) is 0 Å². The van der Waals surface area contributed by atoms with Crippen LogP contribution in [0.5, 0.6) is 11.5 Å². The van der Waals surface area contributed by atoms with Crippen LogP contribution in [0.4, 0.5) is 0 Å². The Morgan fingerprint density at radius 2 is 2.16 bits per heavy atom. The van der Waals surface area contributed by atoms with E-state index >= 15 is 0 Å². The Balaban J connectivity index is 2.93. The smallest absolute Gasteiger partial charge is 0.342 e. The first-order valence-electron chi connectivity index (χ1n) is 5.43. The van der Waals surface area contributed by atoms with E-state index in [0.717, 1.165) is 0 Å². The molecule has 102 valence electrons. The van der Waals surface area contributed by atoms with Crippen molar-refractivity contribution in [3.8, 4) is 11.5 Å². The SMILES string of the molecule is COc1cc(/C=C/C=O)ccc1OC(=O)C(O)CO. The lowest BCUT2D eigenvalue weighted by atomic mass is 10.2. The third-order valence-corrected chi connectivity index (χ3v) is 2.21. The van der Waals surface area contributed by atoms with Crippen molar-refractivity contribution < 1.29 is 29.3 Å². The van der Waals surface area contributed by atoms with E-state index in [-0.39, 0.29) is 11.5 Å². The van der Waals surface area contributed by atoms with Gasteiger partial charge in [-0.1, -0.05) is 12.1 Å².